The van der Waals surface area contributed by atoms with Gasteiger partial charge in [-0.25, -0.2) is 0 Å². The van der Waals surface area contributed by atoms with Crippen LogP contribution in [0.5, 0.6) is 0 Å². The summed E-state index contributed by atoms with van der Waals surface area (Å²) in [6.07, 6.45) is 5.78. The minimum atomic E-state index is -0.879. The molecule has 0 radical (unpaired) electrons. The lowest BCUT2D eigenvalue weighted by molar-refractivity contribution is -0.128. The Balaban J connectivity index is 1.06. The molecule has 2 aromatic carbocycles. The SMILES string of the molecule is CO/N=C(\N1CCOCC1)N1CCN(CCC[C@@H](Cc2ccccc2)NC(=O)C2(NC(=O)c3cc4ccc(C)cc4s3)CCCC2)CC1. The average Bonchev–Trinajstić information content (AvgIpc) is 3.76. The molecule has 0 unspecified atom stereocenters. The summed E-state index contributed by atoms with van der Waals surface area (Å²) in [6, 6.07) is 18.5. The van der Waals surface area contributed by atoms with Gasteiger partial charge in [0.25, 0.3) is 5.91 Å². The van der Waals surface area contributed by atoms with Gasteiger partial charge in [0.15, 0.2) is 0 Å². The van der Waals surface area contributed by atoms with Crippen molar-refractivity contribution >= 4 is 39.2 Å². The molecule has 0 bridgehead atoms. The number of hydrogen-bond donors (Lipinski definition) is 2. The molecule has 10 nitrogen and oxygen atoms in total. The van der Waals surface area contributed by atoms with Gasteiger partial charge in [0.1, 0.15) is 12.6 Å². The number of aryl methyl sites for hydroxylation is 1. The van der Waals surface area contributed by atoms with E-state index in [1.165, 1.54) is 22.5 Å². The van der Waals surface area contributed by atoms with Crippen LogP contribution in [0.3, 0.4) is 0 Å². The number of carbonyl (C=O) groups is 2. The molecule has 3 aliphatic rings. The predicted molar refractivity (Wildman–Crippen MR) is 191 cm³/mol. The van der Waals surface area contributed by atoms with Crippen molar-refractivity contribution in [3.8, 4) is 0 Å². The van der Waals surface area contributed by atoms with Gasteiger partial charge in [-0.05, 0) is 79.4 Å². The maximum atomic E-state index is 14.1. The quantitative estimate of drug-likeness (QED) is 0.174. The monoisotopic (exact) mass is 674 g/mol. The number of nitrogens with zero attached hydrogens (tertiary/aromatic N) is 4. The van der Waals surface area contributed by atoms with Gasteiger partial charge in [-0.15, -0.1) is 11.3 Å². The van der Waals surface area contributed by atoms with Crippen LogP contribution < -0.4 is 10.6 Å². The second-order valence-corrected chi connectivity index (χ2v) is 14.5. The summed E-state index contributed by atoms with van der Waals surface area (Å²) in [6.45, 7) is 9.80. The normalized spacial score (nSPS) is 19.3. The summed E-state index contributed by atoms with van der Waals surface area (Å²) in [5.41, 5.74) is 1.50. The second-order valence-electron chi connectivity index (χ2n) is 13.4. The van der Waals surface area contributed by atoms with Crippen molar-refractivity contribution in [2.45, 2.75) is 63.5 Å². The summed E-state index contributed by atoms with van der Waals surface area (Å²) < 4.78 is 6.62. The molecule has 3 aromatic rings. The van der Waals surface area contributed by atoms with Gasteiger partial charge >= 0.3 is 0 Å². The van der Waals surface area contributed by atoms with E-state index in [1.54, 1.807) is 7.11 Å². The van der Waals surface area contributed by atoms with Crippen molar-refractivity contribution in [1.82, 2.24) is 25.3 Å². The van der Waals surface area contributed by atoms with E-state index in [1.807, 2.05) is 12.1 Å². The van der Waals surface area contributed by atoms with Gasteiger partial charge in [-0.2, -0.15) is 0 Å². The average molecular weight is 675 g/mol. The Hall–Kier alpha value is -3.67. The Kier molecular flexibility index (Phi) is 11.5. The van der Waals surface area contributed by atoms with Crippen molar-refractivity contribution in [1.29, 1.82) is 0 Å². The number of oxime groups is 1. The number of rotatable bonds is 11. The highest BCUT2D eigenvalue weighted by atomic mass is 32.1. The highest BCUT2D eigenvalue weighted by Gasteiger charge is 2.43. The number of nitrogens with one attached hydrogen (secondary N) is 2. The zero-order valence-electron chi connectivity index (χ0n) is 28.4. The first-order chi connectivity index (χ1) is 23.4. The van der Waals surface area contributed by atoms with Crippen LogP contribution in [0.25, 0.3) is 10.1 Å². The van der Waals surface area contributed by atoms with Gasteiger partial charge in [-0.1, -0.05) is 55.3 Å². The highest BCUT2D eigenvalue weighted by Crippen LogP contribution is 2.32. The molecule has 2 amide bonds. The van der Waals surface area contributed by atoms with Crippen molar-refractivity contribution in [3.05, 3.63) is 70.6 Å². The number of hydrogen-bond acceptors (Lipinski definition) is 7. The van der Waals surface area contributed by atoms with Crippen LogP contribution in [0, 0.1) is 6.92 Å². The van der Waals surface area contributed by atoms with E-state index in [4.69, 9.17) is 9.57 Å². The molecule has 1 aliphatic carbocycles. The molecular formula is C37H50N6O4S. The number of benzene rings is 2. The number of guanidine groups is 1. The molecule has 2 aliphatic heterocycles. The first-order valence-electron chi connectivity index (χ1n) is 17.5. The molecule has 2 N–H and O–H groups in total. The van der Waals surface area contributed by atoms with E-state index >= 15 is 0 Å². The van der Waals surface area contributed by atoms with Gasteiger partial charge < -0.3 is 30.0 Å². The van der Waals surface area contributed by atoms with Crippen LogP contribution in [0.15, 0.2) is 59.8 Å². The third kappa shape index (κ3) is 8.48. The molecule has 0 spiro atoms. The van der Waals surface area contributed by atoms with Crippen LogP contribution in [0.4, 0.5) is 0 Å². The largest absolute Gasteiger partial charge is 0.396 e. The lowest BCUT2D eigenvalue weighted by atomic mass is 9.94. The summed E-state index contributed by atoms with van der Waals surface area (Å²) in [5.74, 6) is 0.700. The van der Waals surface area contributed by atoms with E-state index in [-0.39, 0.29) is 17.9 Å². The fraction of sp³-hybridized carbons (Fsp3) is 0.541. The molecule has 3 heterocycles. The smallest absolute Gasteiger partial charge is 0.262 e. The zero-order chi connectivity index (χ0) is 33.3. The minimum Gasteiger partial charge on any atom is -0.396 e. The topological polar surface area (TPSA) is 98.7 Å². The van der Waals surface area contributed by atoms with E-state index < -0.39 is 5.54 Å². The molecule has 3 fully saturated rings. The lowest BCUT2D eigenvalue weighted by Crippen LogP contribution is -2.59. The molecule has 2 saturated heterocycles. The van der Waals surface area contributed by atoms with Crippen LogP contribution in [-0.2, 0) is 20.8 Å². The Morgan fingerprint density at radius 2 is 1.71 bits per heavy atom. The Labute approximate surface area is 288 Å². The van der Waals surface area contributed by atoms with Crippen molar-refractivity contribution < 1.29 is 19.2 Å². The number of amides is 2. The number of piperazine rings is 1. The predicted octanol–water partition coefficient (Wildman–Crippen LogP) is 4.63. The van der Waals surface area contributed by atoms with Crippen LogP contribution >= 0.6 is 11.3 Å². The maximum absolute atomic E-state index is 14.1. The highest BCUT2D eigenvalue weighted by molar-refractivity contribution is 7.20. The van der Waals surface area contributed by atoms with Crippen molar-refractivity contribution in [3.63, 3.8) is 0 Å². The zero-order valence-corrected chi connectivity index (χ0v) is 29.2. The molecule has 48 heavy (non-hydrogen) atoms. The van der Waals surface area contributed by atoms with Gasteiger partial charge in [-0.3, -0.25) is 14.5 Å². The summed E-state index contributed by atoms with van der Waals surface area (Å²) >= 11 is 1.49. The van der Waals surface area contributed by atoms with Crippen molar-refractivity contribution in [2.24, 2.45) is 5.16 Å². The number of fused-ring (bicyclic) bond motifs is 1. The molecule has 11 heteroatoms. The molecule has 258 valence electrons. The Bertz CT molecular complexity index is 1540. The summed E-state index contributed by atoms with van der Waals surface area (Å²) in [4.78, 5) is 40.6. The van der Waals surface area contributed by atoms with Crippen molar-refractivity contribution in [2.75, 3.05) is 66.1 Å². The van der Waals surface area contributed by atoms with E-state index in [9.17, 15) is 9.59 Å². The van der Waals surface area contributed by atoms with Gasteiger partial charge in [0.05, 0.1) is 18.1 Å². The molecular weight excluding hydrogens is 625 g/mol. The molecule has 1 saturated carbocycles. The van der Waals surface area contributed by atoms with Gasteiger partial charge in [0.2, 0.25) is 11.9 Å². The Morgan fingerprint density at radius 1 is 0.979 bits per heavy atom. The summed E-state index contributed by atoms with van der Waals surface area (Å²) in [7, 11) is 1.61. The van der Waals surface area contributed by atoms with Crippen LogP contribution in [0.2, 0.25) is 0 Å². The minimum absolute atomic E-state index is 0.0235. The Morgan fingerprint density at radius 3 is 2.44 bits per heavy atom. The van der Waals surface area contributed by atoms with E-state index in [0.29, 0.717) is 30.9 Å². The van der Waals surface area contributed by atoms with E-state index in [0.717, 1.165) is 94.0 Å². The first kappa shape index (κ1) is 34.2. The molecule has 1 atom stereocenters. The van der Waals surface area contributed by atoms with Crippen LogP contribution in [-0.4, -0.2) is 110 Å². The molecule has 1 aromatic heterocycles. The van der Waals surface area contributed by atoms with Gasteiger partial charge in [0, 0.05) is 50.0 Å². The third-order valence-corrected chi connectivity index (χ3v) is 11.0. The number of morpholine rings is 1. The fourth-order valence-corrected chi connectivity index (χ4v) is 8.31. The first-order valence-corrected chi connectivity index (χ1v) is 18.3. The van der Waals surface area contributed by atoms with Crippen LogP contribution in [0.1, 0.15) is 59.3 Å². The van der Waals surface area contributed by atoms with E-state index in [2.05, 4.69) is 79.9 Å². The fourth-order valence-electron chi connectivity index (χ4n) is 7.26. The lowest BCUT2D eigenvalue weighted by Gasteiger charge is -2.40. The maximum Gasteiger partial charge on any atom is 0.262 e. The number of carbonyl (C=O) groups excluding carboxylic acids is 2. The standard InChI is InChI=1S/C37H50N6O4S/c1-28-12-13-30-27-33(48-32(30)25-28)34(44)39-37(14-6-7-15-37)35(45)38-31(26-29-9-4-3-5-10-29)11-8-16-41-17-19-42(20-18-41)36(40-46-2)43-21-23-47-24-22-43/h3-5,9-10,12-13,25,27,31H,6-8,11,14-24,26H2,1-2H3,(H,38,45)(H,39,44)/b40-36-/t31-/m0/s1. The summed E-state index contributed by atoms with van der Waals surface area (Å²) in [5, 5.41) is 12.1. The second kappa shape index (κ2) is 16.2. The number of thiophene rings is 1. The number of ether oxygens (including phenoxy) is 1. The third-order valence-electron chi connectivity index (χ3n) is 9.95. The molecule has 6 rings (SSSR count).